The molecule has 0 unspecified atom stereocenters. The molecule has 1 heterocycles. The first-order valence-electron chi connectivity index (χ1n) is 8.09. The molecule has 23 heavy (non-hydrogen) atoms. The summed E-state index contributed by atoms with van der Waals surface area (Å²) in [7, 11) is -3.22. The van der Waals surface area contributed by atoms with Crippen LogP contribution < -0.4 is 14.2 Å². The van der Waals surface area contributed by atoms with E-state index in [0.29, 0.717) is 31.2 Å². The van der Waals surface area contributed by atoms with Gasteiger partial charge in [-0.1, -0.05) is 26.0 Å². The lowest BCUT2D eigenvalue weighted by atomic mass is 10.0. The van der Waals surface area contributed by atoms with Crippen molar-refractivity contribution in [1.29, 1.82) is 0 Å². The lowest BCUT2D eigenvalue weighted by molar-refractivity contribution is 0.132. The fourth-order valence-corrected chi connectivity index (χ4v) is 3.73. The van der Waals surface area contributed by atoms with Crippen molar-refractivity contribution in [2.45, 2.75) is 46.1 Å². The number of rotatable bonds is 8. The van der Waals surface area contributed by atoms with Gasteiger partial charge in [0.05, 0.1) is 12.4 Å². The average molecular weight is 341 g/mol. The van der Waals surface area contributed by atoms with Crippen molar-refractivity contribution in [3.05, 3.63) is 23.8 Å². The lowest BCUT2D eigenvalue weighted by Crippen LogP contribution is -2.30. The molecular formula is C17H27NO4S. The Kier molecular flexibility index (Phi) is 5.57. The van der Waals surface area contributed by atoms with E-state index in [0.717, 1.165) is 17.7 Å². The van der Waals surface area contributed by atoms with Gasteiger partial charge in [0.1, 0.15) is 5.60 Å². The topological polar surface area (TPSA) is 64.6 Å². The molecule has 2 rings (SSSR count). The Bertz CT molecular complexity index is 638. The highest BCUT2D eigenvalue weighted by Crippen LogP contribution is 2.41. The maximum absolute atomic E-state index is 11.8. The molecule has 0 aromatic heterocycles. The molecule has 1 aliphatic heterocycles. The summed E-state index contributed by atoms with van der Waals surface area (Å²) in [6.07, 6.45) is 1.30. The van der Waals surface area contributed by atoms with Crippen molar-refractivity contribution in [2.75, 3.05) is 18.9 Å². The Labute approximate surface area is 139 Å². The van der Waals surface area contributed by atoms with Gasteiger partial charge >= 0.3 is 0 Å². The van der Waals surface area contributed by atoms with E-state index in [1.54, 1.807) is 0 Å². The van der Waals surface area contributed by atoms with E-state index >= 15 is 0 Å². The number of benzene rings is 1. The molecule has 0 spiro atoms. The summed E-state index contributed by atoms with van der Waals surface area (Å²) < 4.78 is 37.9. The van der Waals surface area contributed by atoms with E-state index in [-0.39, 0.29) is 11.4 Å². The van der Waals surface area contributed by atoms with Crippen LogP contribution in [-0.4, -0.2) is 32.9 Å². The van der Waals surface area contributed by atoms with E-state index in [4.69, 9.17) is 9.47 Å². The van der Waals surface area contributed by atoms with Crippen LogP contribution in [0.25, 0.3) is 0 Å². The van der Waals surface area contributed by atoms with Crippen molar-refractivity contribution >= 4 is 10.0 Å². The molecule has 0 radical (unpaired) electrons. The summed E-state index contributed by atoms with van der Waals surface area (Å²) >= 11 is 0. The molecule has 0 aliphatic carbocycles. The fourth-order valence-electron chi connectivity index (χ4n) is 2.50. The van der Waals surface area contributed by atoms with Gasteiger partial charge in [-0.3, -0.25) is 0 Å². The second-order valence-electron chi connectivity index (χ2n) is 7.05. The maximum atomic E-state index is 11.8. The van der Waals surface area contributed by atoms with Crippen molar-refractivity contribution in [2.24, 2.45) is 5.92 Å². The molecule has 1 N–H and O–H groups in total. The predicted molar refractivity (Wildman–Crippen MR) is 91.6 cm³/mol. The molecule has 5 nitrogen and oxygen atoms in total. The Morgan fingerprint density at radius 3 is 2.78 bits per heavy atom. The van der Waals surface area contributed by atoms with Crippen LogP contribution >= 0.6 is 0 Å². The molecule has 1 aromatic carbocycles. The van der Waals surface area contributed by atoms with E-state index in [2.05, 4.69) is 4.72 Å². The SMILES string of the molecule is CC(C)CNS(=O)(=O)CCCOc1cccc2c1OC(C)(C)C2. The molecule has 0 saturated carbocycles. The van der Waals surface area contributed by atoms with Gasteiger partial charge in [0.15, 0.2) is 11.5 Å². The standard InChI is InChI=1S/C17H27NO4S/c1-13(2)12-18-23(19,20)10-6-9-21-15-8-5-7-14-11-17(3,4)22-16(14)15/h5,7-8,13,18H,6,9-12H2,1-4H3. The number of para-hydroxylation sites is 1. The number of hydrogen-bond donors (Lipinski definition) is 1. The van der Waals surface area contributed by atoms with Crippen LogP contribution in [0, 0.1) is 5.92 Å². The fraction of sp³-hybridized carbons (Fsp3) is 0.647. The highest BCUT2D eigenvalue weighted by atomic mass is 32.2. The first kappa shape index (κ1) is 18.1. The van der Waals surface area contributed by atoms with Gasteiger partial charge in [-0.15, -0.1) is 0 Å². The summed E-state index contributed by atoms with van der Waals surface area (Å²) in [5.41, 5.74) is 0.921. The van der Waals surface area contributed by atoms with Gasteiger partial charge in [-0.05, 0) is 32.3 Å². The van der Waals surface area contributed by atoms with E-state index in [1.807, 2.05) is 45.9 Å². The second-order valence-corrected chi connectivity index (χ2v) is 8.97. The second kappa shape index (κ2) is 7.09. The molecule has 130 valence electrons. The lowest BCUT2D eigenvalue weighted by Gasteiger charge is -2.18. The Morgan fingerprint density at radius 1 is 1.35 bits per heavy atom. The molecule has 0 atom stereocenters. The van der Waals surface area contributed by atoms with Gasteiger partial charge in [0, 0.05) is 18.5 Å². The third-order valence-corrected chi connectivity index (χ3v) is 5.01. The van der Waals surface area contributed by atoms with Gasteiger partial charge in [0.2, 0.25) is 10.0 Å². The van der Waals surface area contributed by atoms with Crippen LogP contribution in [0.2, 0.25) is 0 Å². The molecule has 0 saturated heterocycles. The van der Waals surface area contributed by atoms with Gasteiger partial charge in [0.25, 0.3) is 0 Å². The summed E-state index contributed by atoms with van der Waals surface area (Å²) in [4.78, 5) is 0. The minimum absolute atomic E-state index is 0.0705. The quantitative estimate of drug-likeness (QED) is 0.739. The minimum atomic E-state index is -3.22. The van der Waals surface area contributed by atoms with Crippen LogP contribution in [0.3, 0.4) is 0 Å². The van der Waals surface area contributed by atoms with Gasteiger partial charge in [-0.2, -0.15) is 0 Å². The van der Waals surface area contributed by atoms with Crippen LogP contribution in [-0.2, 0) is 16.4 Å². The van der Waals surface area contributed by atoms with Crippen LogP contribution in [0.1, 0.15) is 39.7 Å². The zero-order valence-corrected chi connectivity index (χ0v) is 15.2. The third-order valence-electron chi connectivity index (χ3n) is 3.58. The molecule has 1 aliphatic rings. The highest BCUT2D eigenvalue weighted by molar-refractivity contribution is 7.89. The zero-order chi connectivity index (χ0) is 17.1. The van der Waals surface area contributed by atoms with Crippen molar-refractivity contribution in [3.63, 3.8) is 0 Å². The maximum Gasteiger partial charge on any atom is 0.211 e. The molecule has 0 fully saturated rings. The molecule has 0 bridgehead atoms. The van der Waals surface area contributed by atoms with E-state index in [9.17, 15) is 8.42 Å². The normalized spacial score (nSPS) is 16.2. The van der Waals surface area contributed by atoms with Crippen molar-refractivity contribution in [3.8, 4) is 11.5 Å². The van der Waals surface area contributed by atoms with Crippen LogP contribution in [0.4, 0.5) is 0 Å². The monoisotopic (exact) mass is 341 g/mol. The van der Waals surface area contributed by atoms with E-state index < -0.39 is 10.0 Å². The zero-order valence-electron chi connectivity index (χ0n) is 14.4. The van der Waals surface area contributed by atoms with E-state index in [1.165, 1.54) is 0 Å². The predicted octanol–water partition coefficient (Wildman–Crippen LogP) is 2.74. The molecular weight excluding hydrogens is 314 g/mol. The Balaban J connectivity index is 1.83. The first-order valence-corrected chi connectivity index (χ1v) is 9.75. The van der Waals surface area contributed by atoms with Gasteiger partial charge < -0.3 is 9.47 Å². The Morgan fingerprint density at radius 2 is 2.09 bits per heavy atom. The van der Waals surface area contributed by atoms with Crippen LogP contribution in [0.5, 0.6) is 11.5 Å². The first-order chi connectivity index (χ1) is 10.7. The number of sulfonamides is 1. The minimum Gasteiger partial charge on any atom is -0.490 e. The molecule has 0 amide bonds. The molecule has 6 heteroatoms. The van der Waals surface area contributed by atoms with Gasteiger partial charge in [-0.25, -0.2) is 13.1 Å². The number of nitrogens with one attached hydrogen (secondary N) is 1. The third kappa shape index (κ3) is 5.39. The number of hydrogen-bond acceptors (Lipinski definition) is 4. The van der Waals surface area contributed by atoms with Crippen molar-refractivity contribution in [1.82, 2.24) is 4.72 Å². The number of fused-ring (bicyclic) bond motifs is 1. The highest BCUT2D eigenvalue weighted by Gasteiger charge is 2.32. The summed E-state index contributed by atoms with van der Waals surface area (Å²) in [6.45, 7) is 8.86. The molecule has 1 aromatic rings. The smallest absolute Gasteiger partial charge is 0.211 e. The average Bonchev–Trinajstić information content (AvgIpc) is 2.76. The Hall–Kier alpha value is -1.27. The summed E-state index contributed by atoms with van der Waals surface area (Å²) in [6, 6.07) is 5.85. The van der Waals surface area contributed by atoms with Crippen molar-refractivity contribution < 1.29 is 17.9 Å². The summed E-state index contributed by atoms with van der Waals surface area (Å²) in [5.74, 6) is 1.86. The van der Waals surface area contributed by atoms with Crippen LogP contribution in [0.15, 0.2) is 18.2 Å². The summed E-state index contributed by atoms with van der Waals surface area (Å²) in [5, 5.41) is 0. The number of ether oxygens (including phenoxy) is 2. The largest absolute Gasteiger partial charge is 0.490 e.